The number of rotatable bonds is 8. The fourth-order valence-electron chi connectivity index (χ4n) is 2.57. The fourth-order valence-corrected chi connectivity index (χ4v) is 2.57. The Morgan fingerprint density at radius 1 is 1.12 bits per heavy atom. The van der Waals surface area contributed by atoms with E-state index < -0.39 is 0 Å². The van der Waals surface area contributed by atoms with Crippen LogP contribution >= 0.6 is 0 Å². The van der Waals surface area contributed by atoms with Crippen LogP contribution in [0.15, 0.2) is 34.9 Å². The quantitative estimate of drug-likeness (QED) is 0.786. The van der Waals surface area contributed by atoms with Gasteiger partial charge in [0.2, 0.25) is 5.91 Å². The molecule has 0 radical (unpaired) electrons. The lowest BCUT2D eigenvalue weighted by Gasteiger charge is -2.22. The third kappa shape index (κ3) is 5.20. The van der Waals surface area contributed by atoms with Crippen molar-refractivity contribution in [2.75, 3.05) is 32.1 Å². The van der Waals surface area contributed by atoms with E-state index in [1.165, 1.54) is 11.8 Å². The summed E-state index contributed by atoms with van der Waals surface area (Å²) in [6.07, 6.45) is 1.70. The molecule has 1 N–H and O–H groups in total. The zero-order valence-electron chi connectivity index (χ0n) is 15.8. The lowest BCUT2D eigenvalue weighted by Crippen LogP contribution is -2.36. The standard InChI is InChI=1S/C20H26N2O4/c1-14-5-6-17(13-15(14)2)21-19(23)7-9-22(10-12-25-4)20(24)18-8-11-26-16(18)3/h5-6,8,11,13H,7,9-10,12H2,1-4H3,(H,21,23). The van der Waals surface area contributed by atoms with Crippen molar-refractivity contribution in [2.45, 2.75) is 27.2 Å². The minimum atomic E-state index is -0.160. The first-order chi connectivity index (χ1) is 12.4. The van der Waals surface area contributed by atoms with Crippen LogP contribution in [-0.2, 0) is 9.53 Å². The van der Waals surface area contributed by atoms with Crippen LogP contribution in [0.1, 0.15) is 33.7 Å². The van der Waals surface area contributed by atoms with Crippen molar-refractivity contribution >= 4 is 17.5 Å². The molecule has 6 nitrogen and oxygen atoms in total. The predicted octanol–water partition coefficient (Wildman–Crippen LogP) is 3.32. The van der Waals surface area contributed by atoms with E-state index in [9.17, 15) is 9.59 Å². The maximum Gasteiger partial charge on any atom is 0.257 e. The van der Waals surface area contributed by atoms with Gasteiger partial charge in [0.05, 0.1) is 18.4 Å². The summed E-state index contributed by atoms with van der Waals surface area (Å²) in [5.74, 6) is 0.275. The van der Waals surface area contributed by atoms with E-state index in [1.54, 1.807) is 25.0 Å². The van der Waals surface area contributed by atoms with Crippen molar-refractivity contribution in [3.8, 4) is 0 Å². The summed E-state index contributed by atoms with van der Waals surface area (Å²) in [7, 11) is 1.58. The third-order valence-corrected chi connectivity index (χ3v) is 4.34. The lowest BCUT2D eigenvalue weighted by molar-refractivity contribution is -0.116. The van der Waals surface area contributed by atoms with Gasteiger partial charge in [0, 0.05) is 32.3 Å². The van der Waals surface area contributed by atoms with Crippen LogP contribution in [0, 0.1) is 20.8 Å². The number of benzene rings is 1. The molecule has 0 aliphatic heterocycles. The molecule has 2 rings (SSSR count). The van der Waals surface area contributed by atoms with Crippen LogP contribution in [0.2, 0.25) is 0 Å². The van der Waals surface area contributed by atoms with E-state index in [-0.39, 0.29) is 18.2 Å². The fraction of sp³-hybridized carbons (Fsp3) is 0.400. The molecule has 1 heterocycles. The molecule has 0 atom stereocenters. The van der Waals surface area contributed by atoms with Gasteiger partial charge in [-0.05, 0) is 50.1 Å². The number of aryl methyl sites for hydroxylation is 3. The minimum absolute atomic E-state index is 0.132. The number of furan rings is 1. The molecule has 0 aliphatic carbocycles. The van der Waals surface area contributed by atoms with Crippen molar-refractivity contribution in [1.29, 1.82) is 0 Å². The molecule has 140 valence electrons. The van der Waals surface area contributed by atoms with E-state index in [1.807, 2.05) is 32.0 Å². The van der Waals surface area contributed by atoms with E-state index in [0.29, 0.717) is 31.0 Å². The van der Waals surface area contributed by atoms with Crippen LogP contribution in [-0.4, -0.2) is 43.5 Å². The number of amides is 2. The van der Waals surface area contributed by atoms with Gasteiger partial charge in [-0.15, -0.1) is 0 Å². The van der Waals surface area contributed by atoms with E-state index in [2.05, 4.69) is 5.32 Å². The number of nitrogens with zero attached hydrogens (tertiary/aromatic N) is 1. The van der Waals surface area contributed by atoms with Crippen molar-refractivity contribution in [2.24, 2.45) is 0 Å². The van der Waals surface area contributed by atoms with Gasteiger partial charge in [-0.25, -0.2) is 0 Å². The number of carbonyl (C=O) groups excluding carboxylic acids is 2. The Labute approximate surface area is 154 Å². The molecule has 0 bridgehead atoms. The van der Waals surface area contributed by atoms with Crippen molar-refractivity contribution < 1.29 is 18.7 Å². The number of anilines is 1. The van der Waals surface area contributed by atoms with Crippen molar-refractivity contribution in [1.82, 2.24) is 4.90 Å². The second-order valence-corrected chi connectivity index (χ2v) is 6.27. The molecule has 0 saturated heterocycles. The number of ether oxygens (including phenoxy) is 1. The Morgan fingerprint density at radius 2 is 1.88 bits per heavy atom. The Balaban J connectivity index is 1.97. The summed E-state index contributed by atoms with van der Waals surface area (Å²) in [5.41, 5.74) is 3.57. The van der Waals surface area contributed by atoms with E-state index in [4.69, 9.17) is 9.15 Å². The van der Waals surface area contributed by atoms with E-state index >= 15 is 0 Å². The molecule has 0 unspecified atom stereocenters. The van der Waals surface area contributed by atoms with Gasteiger partial charge in [-0.2, -0.15) is 0 Å². The molecule has 0 saturated carbocycles. The summed E-state index contributed by atoms with van der Waals surface area (Å²) in [5, 5.41) is 2.88. The summed E-state index contributed by atoms with van der Waals surface area (Å²) in [6.45, 7) is 6.90. The maximum absolute atomic E-state index is 12.7. The second kappa shape index (κ2) is 9.20. The molecule has 0 aliphatic rings. The highest BCUT2D eigenvalue weighted by molar-refractivity contribution is 5.96. The van der Waals surface area contributed by atoms with Crippen LogP contribution in [0.5, 0.6) is 0 Å². The van der Waals surface area contributed by atoms with Gasteiger partial charge < -0.3 is 19.4 Å². The van der Waals surface area contributed by atoms with E-state index in [0.717, 1.165) is 11.3 Å². The smallest absolute Gasteiger partial charge is 0.257 e. The highest BCUT2D eigenvalue weighted by atomic mass is 16.5. The minimum Gasteiger partial charge on any atom is -0.469 e. The second-order valence-electron chi connectivity index (χ2n) is 6.27. The van der Waals surface area contributed by atoms with Crippen LogP contribution < -0.4 is 5.32 Å². The van der Waals surface area contributed by atoms with Crippen LogP contribution in [0.3, 0.4) is 0 Å². The average molecular weight is 358 g/mol. The SMILES string of the molecule is COCCN(CCC(=O)Nc1ccc(C)c(C)c1)C(=O)c1ccoc1C. The van der Waals surface area contributed by atoms with Gasteiger partial charge in [-0.1, -0.05) is 6.07 Å². The Kier molecular flexibility index (Phi) is 6.97. The first-order valence-electron chi connectivity index (χ1n) is 8.61. The molecular weight excluding hydrogens is 332 g/mol. The number of nitrogens with one attached hydrogen (secondary N) is 1. The molecule has 0 fully saturated rings. The van der Waals surface area contributed by atoms with Gasteiger partial charge in [0.15, 0.2) is 0 Å². The average Bonchev–Trinajstić information content (AvgIpc) is 3.03. The zero-order chi connectivity index (χ0) is 19.1. The Bertz CT molecular complexity index is 767. The number of hydrogen-bond donors (Lipinski definition) is 1. The molecule has 1 aromatic carbocycles. The number of carbonyl (C=O) groups is 2. The van der Waals surface area contributed by atoms with Gasteiger partial charge in [0.25, 0.3) is 5.91 Å². The molecule has 26 heavy (non-hydrogen) atoms. The largest absolute Gasteiger partial charge is 0.469 e. The topological polar surface area (TPSA) is 71.8 Å². The summed E-state index contributed by atoms with van der Waals surface area (Å²) >= 11 is 0. The van der Waals surface area contributed by atoms with Gasteiger partial charge >= 0.3 is 0 Å². The first kappa shape index (κ1) is 19.7. The molecule has 6 heteroatoms. The Hall–Kier alpha value is -2.60. The summed E-state index contributed by atoms with van der Waals surface area (Å²) in [4.78, 5) is 26.5. The molecule has 1 aromatic heterocycles. The molecule has 2 amide bonds. The van der Waals surface area contributed by atoms with Gasteiger partial charge in [-0.3, -0.25) is 9.59 Å². The number of methoxy groups -OCH3 is 1. The molecule has 0 spiro atoms. The monoisotopic (exact) mass is 358 g/mol. The zero-order valence-corrected chi connectivity index (χ0v) is 15.8. The van der Waals surface area contributed by atoms with Gasteiger partial charge in [0.1, 0.15) is 5.76 Å². The lowest BCUT2D eigenvalue weighted by atomic mass is 10.1. The summed E-state index contributed by atoms with van der Waals surface area (Å²) < 4.78 is 10.3. The predicted molar refractivity (Wildman–Crippen MR) is 100 cm³/mol. The summed E-state index contributed by atoms with van der Waals surface area (Å²) in [6, 6.07) is 7.44. The Morgan fingerprint density at radius 3 is 2.50 bits per heavy atom. The van der Waals surface area contributed by atoms with Crippen LogP contribution in [0.25, 0.3) is 0 Å². The van der Waals surface area contributed by atoms with Crippen LogP contribution in [0.4, 0.5) is 5.69 Å². The first-order valence-corrected chi connectivity index (χ1v) is 8.61. The van der Waals surface area contributed by atoms with Crippen molar-refractivity contribution in [3.05, 3.63) is 53.0 Å². The molecule has 2 aromatic rings. The third-order valence-electron chi connectivity index (χ3n) is 4.34. The molecular formula is C20H26N2O4. The van der Waals surface area contributed by atoms with Crippen molar-refractivity contribution in [3.63, 3.8) is 0 Å². The maximum atomic E-state index is 12.7. The highest BCUT2D eigenvalue weighted by Gasteiger charge is 2.20. The normalized spacial score (nSPS) is 10.6. The number of hydrogen-bond acceptors (Lipinski definition) is 4. The highest BCUT2D eigenvalue weighted by Crippen LogP contribution is 2.15.